The summed E-state index contributed by atoms with van der Waals surface area (Å²) < 4.78 is 70.0. The second-order valence-electron chi connectivity index (χ2n) is 7.46. The lowest BCUT2D eigenvalue weighted by molar-refractivity contribution is -0.137. The maximum absolute atomic E-state index is 14.8. The number of benzene rings is 1. The number of nitrogens with zero attached hydrogens (tertiary/aromatic N) is 4. The number of anilines is 2. The number of aryl methyl sites for hydroxylation is 2. The molecule has 31 heavy (non-hydrogen) atoms. The van der Waals surface area contributed by atoms with E-state index in [-0.39, 0.29) is 5.69 Å². The van der Waals surface area contributed by atoms with Gasteiger partial charge in [-0.3, -0.25) is 4.79 Å². The van der Waals surface area contributed by atoms with Crippen molar-refractivity contribution >= 4 is 17.4 Å². The minimum absolute atomic E-state index is 0.102. The summed E-state index contributed by atoms with van der Waals surface area (Å²) in [4.78, 5) is 18.9. The van der Waals surface area contributed by atoms with Crippen LogP contribution < -0.4 is 9.80 Å². The first kappa shape index (κ1) is 22.5. The second kappa shape index (κ2) is 7.80. The predicted octanol–water partition coefficient (Wildman–Crippen LogP) is 4.47. The van der Waals surface area contributed by atoms with Crippen LogP contribution in [0.3, 0.4) is 0 Å². The molecular formula is C21H19F5N4O. The van der Waals surface area contributed by atoms with Crippen molar-refractivity contribution in [1.29, 1.82) is 5.26 Å². The molecule has 1 aromatic heterocycles. The van der Waals surface area contributed by atoms with Crippen LogP contribution in [0.5, 0.6) is 0 Å². The first-order valence-corrected chi connectivity index (χ1v) is 9.34. The zero-order valence-electron chi connectivity index (χ0n) is 17.0. The quantitative estimate of drug-likeness (QED) is 0.664. The van der Waals surface area contributed by atoms with Gasteiger partial charge in [-0.05, 0) is 37.6 Å². The normalized spacial score (nSPS) is 18.0. The Morgan fingerprint density at radius 3 is 2.55 bits per heavy atom. The van der Waals surface area contributed by atoms with Crippen LogP contribution >= 0.6 is 0 Å². The molecule has 3 rings (SSSR count). The number of pyridine rings is 1. The molecule has 1 saturated heterocycles. The maximum Gasteiger partial charge on any atom is 0.417 e. The van der Waals surface area contributed by atoms with Gasteiger partial charge < -0.3 is 9.80 Å². The van der Waals surface area contributed by atoms with Crippen molar-refractivity contribution in [3.63, 3.8) is 0 Å². The first-order valence-electron chi connectivity index (χ1n) is 9.34. The van der Waals surface area contributed by atoms with Crippen molar-refractivity contribution < 1.29 is 26.7 Å². The zero-order chi connectivity index (χ0) is 23.1. The number of amides is 1. The van der Waals surface area contributed by atoms with Crippen LogP contribution in [0.15, 0.2) is 30.3 Å². The lowest BCUT2D eigenvalue weighted by Gasteiger charge is -2.32. The van der Waals surface area contributed by atoms with E-state index in [2.05, 4.69) is 4.98 Å². The van der Waals surface area contributed by atoms with E-state index in [0.717, 1.165) is 15.4 Å². The summed E-state index contributed by atoms with van der Waals surface area (Å²) in [6, 6.07) is 6.65. The minimum atomic E-state index is -4.88. The average molecular weight is 438 g/mol. The number of nitriles is 1. The molecule has 10 heteroatoms. The highest BCUT2D eigenvalue weighted by Gasteiger charge is 2.55. The number of carbonyl (C=O) groups is 1. The number of aromatic nitrogens is 1. The van der Waals surface area contributed by atoms with Gasteiger partial charge in [0.25, 0.3) is 11.8 Å². The molecule has 0 unspecified atom stereocenters. The SMILES string of the molecule is Cc1cccc(N(C)C(=O)[C@@H]2N(c3nc(C)cc(C(F)(F)F)c3C#N)CCC2(F)F)c1. The monoisotopic (exact) mass is 438 g/mol. The van der Waals surface area contributed by atoms with E-state index in [1.54, 1.807) is 31.2 Å². The summed E-state index contributed by atoms with van der Waals surface area (Å²) in [6.45, 7) is 2.62. The van der Waals surface area contributed by atoms with E-state index >= 15 is 0 Å². The molecular weight excluding hydrogens is 419 g/mol. The summed E-state index contributed by atoms with van der Waals surface area (Å²) in [6.07, 6.45) is -5.64. The molecule has 0 N–H and O–H groups in total. The Labute approximate surface area is 175 Å². The number of halogens is 5. The second-order valence-corrected chi connectivity index (χ2v) is 7.46. The maximum atomic E-state index is 14.8. The van der Waals surface area contributed by atoms with E-state index in [9.17, 15) is 32.0 Å². The highest BCUT2D eigenvalue weighted by molar-refractivity contribution is 6.00. The molecule has 1 aliphatic heterocycles. The number of hydrogen-bond acceptors (Lipinski definition) is 4. The molecule has 1 aliphatic rings. The Kier molecular flexibility index (Phi) is 5.65. The van der Waals surface area contributed by atoms with E-state index < -0.39 is 54.0 Å². The lowest BCUT2D eigenvalue weighted by atomic mass is 10.1. The van der Waals surface area contributed by atoms with Gasteiger partial charge in [0, 0.05) is 31.4 Å². The summed E-state index contributed by atoms with van der Waals surface area (Å²) in [5, 5.41) is 9.39. The fourth-order valence-corrected chi connectivity index (χ4v) is 3.65. The molecule has 0 saturated carbocycles. The Morgan fingerprint density at radius 1 is 1.29 bits per heavy atom. The standard InChI is InChI=1S/C21H19F5N4O/c1-12-5-4-6-14(9-12)29(3)19(31)17-20(22,23)7-8-30(17)18-15(11-27)16(21(24,25)26)10-13(2)28-18/h4-6,9-10,17H,7-8H2,1-3H3/t17-/m0/s1. The van der Waals surface area contributed by atoms with Crippen LogP contribution in [0.4, 0.5) is 33.5 Å². The van der Waals surface area contributed by atoms with E-state index in [1.807, 2.05) is 0 Å². The van der Waals surface area contributed by atoms with Crippen LogP contribution in [0.1, 0.15) is 28.8 Å². The summed E-state index contributed by atoms with van der Waals surface area (Å²) in [5.41, 5.74) is -1.09. The third-order valence-electron chi connectivity index (χ3n) is 5.17. The Balaban J connectivity index is 2.11. The molecule has 1 amide bonds. The Bertz CT molecular complexity index is 1060. The summed E-state index contributed by atoms with van der Waals surface area (Å²) >= 11 is 0. The molecule has 2 aromatic rings. The molecule has 1 atom stereocenters. The van der Waals surface area contributed by atoms with Gasteiger partial charge in [0.15, 0.2) is 6.04 Å². The smallest absolute Gasteiger partial charge is 0.338 e. The molecule has 1 aromatic carbocycles. The van der Waals surface area contributed by atoms with Crippen LogP contribution in [0.2, 0.25) is 0 Å². The van der Waals surface area contributed by atoms with Crippen molar-refractivity contribution in [2.45, 2.75) is 38.4 Å². The fourth-order valence-electron chi connectivity index (χ4n) is 3.65. The van der Waals surface area contributed by atoms with Crippen molar-refractivity contribution in [3.8, 4) is 6.07 Å². The Hall–Kier alpha value is -3.22. The van der Waals surface area contributed by atoms with Crippen LogP contribution in [0.25, 0.3) is 0 Å². The molecule has 0 bridgehead atoms. The van der Waals surface area contributed by atoms with Gasteiger partial charge in [-0.2, -0.15) is 18.4 Å². The lowest BCUT2D eigenvalue weighted by Crippen LogP contribution is -2.52. The van der Waals surface area contributed by atoms with Crippen molar-refractivity contribution in [2.24, 2.45) is 0 Å². The average Bonchev–Trinajstić information content (AvgIpc) is 3.00. The van der Waals surface area contributed by atoms with E-state index in [0.29, 0.717) is 11.8 Å². The molecule has 0 spiro atoms. The molecule has 164 valence electrons. The number of carbonyl (C=O) groups excluding carboxylic acids is 1. The van der Waals surface area contributed by atoms with Gasteiger partial charge in [-0.1, -0.05) is 12.1 Å². The highest BCUT2D eigenvalue weighted by Crippen LogP contribution is 2.42. The van der Waals surface area contributed by atoms with Gasteiger partial charge in [-0.15, -0.1) is 0 Å². The van der Waals surface area contributed by atoms with Gasteiger partial charge in [0.1, 0.15) is 17.5 Å². The van der Waals surface area contributed by atoms with E-state index in [1.165, 1.54) is 20.0 Å². The molecule has 2 heterocycles. The third kappa shape index (κ3) is 4.17. The number of alkyl halides is 5. The summed E-state index contributed by atoms with van der Waals surface area (Å²) in [7, 11) is 1.32. The van der Waals surface area contributed by atoms with Crippen molar-refractivity contribution in [3.05, 3.63) is 52.7 Å². The number of hydrogen-bond donors (Lipinski definition) is 0. The van der Waals surface area contributed by atoms with Crippen molar-refractivity contribution in [1.82, 2.24) is 4.98 Å². The number of rotatable bonds is 3. The largest absolute Gasteiger partial charge is 0.417 e. The summed E-state index contributed by atoms with van der Waals surface area (Å²) in [5.74, 6) is -5.09. The van der Waals surface area contributed by atoms with Gasteiger partial charge in [-0.25, -0.2) is 13.8 Å². The van der Waals surface area contributed by atoms with Crippen molar-refractivity contribution in [2.75, 3.05) is 23.4 Å². The molecule has 1 fully saturated rings. The molecule has 0 radical (unpaired) electrons. The van der Waals surface area contributed by atoms with E-state index in [4.69, 9.17) is 0 Å². The van der Waals surface area contributed by atoms with Crippen LogP contribution in [-0.4, -0.2) is 36.4 Å². The van der Waals surface area contributed by atoms with Crippen LogP contribution in [-0.2, 0) is 11.0 Å². The number of likely N-dealkylation sites (N-methyl/N-ethyl adjacent to an activating group) is 1. The first-order chi connectivity index (χ1) is 14.4. The fraction of sp³-hybridized carbons (Fsp3) is 0.381. The van der Waals surface area contributed by atoms with Crippen LogP contribution in [0, 0.1) is 25.2 Å². The predicted molar refractivity (Wildman–Crippen MR) is 104 cm³/mol. The van der Waals surface area contributed by atoms with Gasteiger partial charge in [0.2, 0.25) is 0 Å². The third-order valence-corrected chi connectivity index (χ3v) is 5.17. The molecule has 0 aliphatic carbocycles. The zero-order valence-corrected chi connectivity index (χ0v) is 17.0. The highest BCUT2D eigenvalue weighted by atomic mass is 19.4. The van der Waals surface area contributed by atoms with Gasteiger partial charge >= 0.3 is 6.18 Å². The Morgan fingerprint density at radius 2 is 1.97 bits per heavy atom. The molecule has 5 nitrogen and oxygen atoms in total. The topological polar surface area (TPSA) is 60.2 Å². The van der Waals surface area contributed by atoms with Gasteiger partial charge in [0.05, 0.1) is 5.56 Å². The minimum Gasteiger partial charge on any atom is -0.338 e.